The van der Waals surface area contributed by atoms with E-state index in [-0.39, 0.29) is 18.6 Å². The van der Waals surface area contributed by atoms with Gasteiger partial charge in [-0.3, -0.25) is 0 Å². The van der Waals surface area contributed by atoms with Crippen molar-refractivity contribution in [1.29, 1.82) is 0 Å². The van der Waals surface area contributed by atoms with Crippen LogP contribution in [0.2, 0.25) is 0 Å². The Labute approximate surface area is 133 Å². The first-order valence-corrected chi connectivity index (χ1v) is 8.56. The molecule has 0 aromatic carbocycles. The summed E-state index contributed by atoms with van der Waals surface area (Å²) in [4.78, 5) is 0. The molecule has 0 heterocycles. The average Bonchev–Trinajstić information content (AvgIpc) is 2.47. The van der Waals surface area contributed by atoms with Gasteiger partial charge in [-0.1, -0.05) is 25.2 Å². The van der Waals surface area contributed by atoms with Crippen LogP contribution in [0.5, 0.6) is 0 Å². The quantitative estimate of drug-likeness (QED) is 0.425. The summed E-state index contributed by atoms with van der Waals surface area (Å²) in [6.45, 7) is 2.12. The molecule has 6 atom stereocenters. The number of fused-ring (bicyclic) bond motifs is 1. The highest BCUT2D eigenvalue weighted by molar-refractivity contribution is 5.30. The van der Waals surface area contributed by atoms with Crippen molar-refractivity contribution in [1.82, 2.24) is 0 Å². The smallest absolute Gasteiger partial charge is 0.0614 e. The average molecular weight is 325 g/mol. The Morgan fingerprint density at radius 1 is 1.27 bits per heavy atom. The summed E-state index contributed by atoms with van der Waals surface area (Å²) in [5.74, 6) is 0.920. The summed E-state index contributed by atoms with van der Waals surface area (Å²) in [5.41, 5.74) is 1.25. The molecule has 0 bridgehead atoms. The van der Waals surface area contributed by atoms with E-state index in [0.29, 0.717) is 31.1 Å². The first-order valence-electron chi connectivity index (χ1n) is 8.56. The van der Waals surface area contributed by atoms with Gasteiger partial charge in [-0.05, 0) is 55.9 Å². The number of hydrogen-bond donors (Lipinski definition) is 4. The number of rotatable bonds is 7. The lowest BCUT2D eigenvalue weighted by Gasteiger charge is -2.40. The summed E-state index contributed by atoms with van der Waals surface area (Å²) in [7, 11) is 0. The monoisotopic (exact) mass is 325 g/mol. The van der Waals surface area contributed by atoms with Crippen LogP contribution in [0.4, 0.5) is 0 Å². The molecule has 0 radical (unpaired) electrons. The molecule has 4 heteroatoms. The molecule has 126 valence electrons. The highest BCUT2D eigenvalue weighted by atomic mass is 18.2. The van der Waals surface area contributed by atoms with E-state index in [4.69, 9.17) is 5.11 Å². The summed E-state index contributed by atoms with van der Waals surface area (Å²) in [6, 6.07) is 0. The second-order valence-electron chi connectivity index (χ2n) is 6.89. The molecule has 0 aromatic heterocycles. The van der Waals surface area contributed by atoms with E-state index in [0.717, 1.165) is 19.3 Å². The summed E-state index contributed by atoms with van der Waals surface area (Å²) >= 11 is 0. The Hall–Kier alpha value is -0.680. The lowest BCUT2D eigenvalue weighted by Crippen LogP contribution is -2.37. The van der Waals surface area contributed by atoms with Crippen molar-refractivity contribution in [3.8, 4) is 0 Å². The van der Waals surface area contributed by atoms with Crippen LogP contribution in [0, 0.1) is 17.8 Å². The fraction of sp³-hybridized carbons (Fsp3) is 0.778. The van der Waals surface area contributed by atoms with Gasteiger partial charge < -0.3 is 20.4 Å². The maximum Gasteiger partial charge on any atom is 0.0614 e. The van der Waals surface area contributed by atoms with Gasteiger partial charge in [0.2, 0.25) is 0 Å². The third-order valence-electron chi connectivity index (χ3n) is 5.21. The van der Waals surface area contributed by atoms with Crippen LogP contribution in [0.25, 0.3) is 0 Å². The predicted octanol–water partition coefficient (Wildman–Crippen LogP) is 1.78. The van der Waals surface area contributed by atoms with Crippen molar-refractivity contribution in [3.63, 3.8) is 0 Å². The van der Waals surface area contributed by atoms with Gasteiger partial charge in [0.1, 0.15) is 0 Å². The van der Waals surface area contributed by atoms with Crippen molar-refractivity contribution in [3.05, 3.63) is 23.8 Å². The molecule has 0 unspecified atom stereocenters. The van der Waals surface area contributed by atoms with E-state index in [1.165, 1.54) is 5.57 Å². The molecule has 4 nitrogen and oxygen atoms in total. The molecular formula is C18H30O4. The molecule has 0 aromatic rings. The molecule has 0 aliphatic heterocycles. The summed E-state index contributed by atoms with van der Waals surface area (Å²) in [5, 5.41) is 38.9. The molecular weight excluding hydrogens is 295 g/mol. The van der Waals surface area contributed by atoms with E-state index in [9.17, 15) is 15.3 Å². The normalized spacial score (nSPS) is 34.0. The SMILES string of the molecule is C[13C@H]1C=[13CH]C2=[13CH]C[13CH2][C@H](O)[13C@@H]2[C@H]1[13CH2]C[13C@H]([18OH])C[13C@H]([18OH])C[13CH2][18OH]. The third-order valence-corrected chi connectivity index (χ3v) is 5.21. The van der Waals surface area contributed by atoms with Crippen LogP contribution < -0.4 is 0 Å². The van der Waals surface area contributed by atoms with E-state index in [1.54, 1.807) is 0 Å². The van der Waals surface area contributed by atoms with Gasteiger partial charge >= 0.3 is 0 Å². The van der Waals surface area contributed by atoms with Gasteiger partial charge in [0, 0.05) is 12.5 Å². The topological polar surface area (TPSA) is 80.9 Å². The fourth-order valence-electron chi connectivity index (χ4n) is 3.93. The van der Waals surface area contributed by atoms with Crippen LogP contribution >= 0.6 is 0 Å². The molecule has 0 fully saturated rings. The van der Waals surface area contributed by atoms with Gasteiger partial charge in [-0.25, -0.2) is 0 Å². The minimum atomic E-state index is -0.639. The van der Waals surface area contributed by atoms with E-state index < -0.39 is 12.2 Å². The van der Waals surface area contributed by atoms with Crippen LogP contribution in [0.1, 0.15) is 45.4 Å². The first kappa shape index (κ1) is 17.7. The minimum absolute atomic E-state index is 0.0548. The summed E-state index contributed by atoms with van der Waals surface area (Å²) in [6.07, 6.45) is 8.97. The Morgan fingerprint density at radius 2 is 2.00 bits per heavy atom. The Balaban J connectivity index is 1.91. The lowest BCUT2D eigenvalue weighted by molar-refractivity contribution is 0.0385. The molecule has 0 saturated carbocycles. The van der Waals surface area contributed by atoms with Crippen LogP contribution in [-0.2, 0) is 0 Å². The molecule has 0 spiro atoms. The van der Waals surface area contributed by atoms with Crippen molar-refractivity contribution in [2.45, 2.75) is 63.8 Å². The number of aliphatic hydroxyl groups excluding tert-OH is 4. The predicted molar refractivity (Wildman–Crippen MR) is 86.2 cm³/mol. The lowest BCUT2D eigenvalue weighted by atomic mass is 10.1. The fourth-order valence-corrected chi connectivity index (χ4v) is 3.93. The van der Waals surface area contributed by atoms with E-state index in [1.807, 2.05) is 0 Å². The Bertz CT molecular complexity index is 404. The van der Waals surface area contributed by atoms with Crippen LogP contribution in [-0.4, -0.2) is 45.3 Å². The molecule has 0 amide bonds. The third kappa shape index (κ3) is 4.42. The van der Waals surface area contributed by atoms with Gasteiger partial charge in [0.15, 0.2) is 0 Å². The molecule has 22 heavy (non-hydrogen) atoms. The molecule has 0 saturated heterocycles. The second-order valence-corrected chi connectivity index (χ2v) is 6.89. The summed E-state index contributed by atoms with van der Waals surface area (Å²) < 4.78 is 0. The number of hydrogen-bond acceptors (Lipinski definition) is 4. The van der Waals surface area contributed by atoms with Gasteiger partial charge in [0.25, 0.3) is 0 Å². The molecule has 2 aliphatic rings. The van der Waals surface area contributed by atoms with Crippen LogP contribution in [0.3, 0.4) is 0 Å². The van der Waals surface area contributed by atoms with Crippen molar-refractivity contribution in [2.24, 2.45) is 17.8 Å². The molecule has 2 aliphatic carbocycles. The first-order chi connectivity index (χ1) is 10.5. The minimum Gasteiger partial charge on any atom is -0.396 e. The van der Waals surface area contributed by atoms with E-state index >= 15 is 0 Å². The molecule has 4 N–H and O–H groups in total. The molecule has 2 rings (SSSR count). The zero-order chi connectivity index (χ0) is 16.1. The Morgan fingerprint density at radius 3 is 2.73 bits per heavy atom. The van der Waals surface area contributed by atoms with Gasteiger partial charge in [-0.2, -0.15) is 0 Å². The van der Waals surface area contributed by atoms with Gasteiger partial charge in [-0.15, -0.1) is 0 Å². The second kappa shape index (κ2) is 8.25. The zero-order valence-corrected chi connectivity index (χ0v) is 13.4. The number of aliphatic hydroxyl groups is 4. The zero-order valence-electron chi connectivity index (χ0n) is 13.4. The Kier molecular flexibility index (Phi) is 6.63. The highest BCUT2D eigenvalue weighted by Gasteiger charge is 2.37. The standard InChI is InChI=1S/C18H30O4/c1-12-5-6-13-3-2-4-17(22)18(13)16(12)8-7-14(20)11-15(21)9-10-19/h3,5-6,12,14-22H,2,4,7-11H2,1H3/t12-,14-,15+,16-,17-,18-/m0/s1/i3+1,4+1,6+1,8+1,10+1,12+1,14+1,15+1,18+1,19+2,20+2,21+2. The maximum atomic E-state index is 10.4. The highest BCUT2D eigenvalue weighted by Crippen LogP contribution is 2.42. The van der Waals surface area contributed by atoms with Crippen LogP contribution in [0.15, 0.2) is 23.8 Å². The largest absolute Gasteiger partial charge is 0.396 e. The van der Waals surface area contributed by atoms with Crippen molar-refractivity contribution < 1.29 is 20.4 Å². The number of allylic oxidation sites excluding steroid dienone is 3. The van der Waals surface area contributed by atoms with Crippen molar-refractivity contribution >= 4 is 0 Å². The maximum absolute atomic E-state index is 10.4. The van der Waals surface area contributed by atoms with Gasteiger partial charge in [0.05, 0.1) is 18.3 Å². The van der Waals surface area contributed by atoms with E-state index in [2.05, 4.69) is 25.2 Å². The van der Waals surface area contributed by atoms with Crippen molar-refractivity contribution in [2.75, 3.05) is 6.61 Å².